The summed E-state index contributed by atoms with van der Waals surface area (Å²) in [6.07, 6.45) is 7.30. The van der Waals surface area contributed by atoms with E-state index in [1.807, 2.05) is 66.7 Å². The summed E-state index contributed by atoms with van der Waals surface area (Å²) in [6.45, 7) is 0. The predicted molar refractivity (Wildman–Crippen MR) is 127 cm³/mol. The highest BCUT2D eigenvalue weighted by molar-refractivity contribution is 7.00. The van der Waals surface area contributed by atoms with Crippen LogP contribution in [0.15, 0.2) is 78.9 Å². The van der Waals surface area contributed by atoms with Gasteiger partial charge in [-0.2, -0.15) is 8.75 Å². The van der Waals surface area contributed by atoms with E-state index in [0.717, 1.165) is 18.1 Å². The zero-order valence-corrected chi connectivity index (χ0v) is 18.2. The van der Waals surface area contributed by atoms with Gasteiger partial charge >= 0.3 is 5.91 Å². The fourth-order valence-electron chi connectivity index (χ4n) is 3.78. The Balaban J connectivity index is 1.70. The number of ketones is 1. The summed E-state index contributed by atoms with van der Waals surface area (Å²) in [4.78, 5) is 27.9. The van der Waals surface area contributed by atoms with Gasteiger partial charge in [0.2, 0.25) is 0 Å². The summed E-state index contributed by atoms with van der Waals surface area (Å²) >= 11 is 1.06. The topological polar surface area (TPSA) is 63.2 Å². The van der Waals surface area contributed by atoms with Crippen LogP contribution in [0.3, 0.4) is 0 Å². The second-order valence-corrected chi connectivity index (χ2v) is 7.88. The van der Waals surface area contributed by atoms with Gasteiger partial charge in [0.25, 0.3) is 0 Å². The minimum atomic E-state index is -0.845. The Morgan fingerprint density at radius 1 is 0.938 bits per heavy atom. The van der Waals surface area contributed by atoms with Crippen molar-refractivity contribution in [1.29, 1.82) is 0 Å². The first-order chi connectivity index (χ1) is 15.7. The molecule has 0 saturated heterocycles. The van der Waals surface area contributed by atoms with Gasteiger partial charge in [0.05, 0.1) is 17.4 Å². The van der Waals surface area contributed by atoms with E-state index in [2.05, 4.69) is 14.7 Å². The second kappa shape index (κ2) is 9.99. The molecule has 4 aromatic rings. The molecule has 1 atom stereocenters. The molecule has 0 aliphatic rings. The van der Waals surface area contributed by atoms with E-state index in [4.69, 9.17) is 6.42 Å². The fourth-order valence-corrected chi connectivity index (χ4v) is 4.33. The van der Waals surface area contributed by atoms with Gasteiger partial charge in [-0.1, -0.05) is 66.7 Å². The van der Waals surface area contributed by atoms with Crippen LogP contribution in [-0.4, -0.2) is 20.4 Å². The van der Waals surface area contributed by atoms with Crippen LogP contribution in [0.1, 0.15) is 30.0 Å². The standard InChI is InChI=1S/C26H21N3O2S/c1-2-24(31)29(22-17-10-16-21-25(22)28-32-27-21)26(20-14-7-4-8-15-20)23(30)18-9-13-19-11-5-3-6-12-19/h1,3-8,10-12,14-17,26H,9,13,18H2. The zero-order valence-electron chi connectivity index (χ0n) is 17.3. The van der Waals surface area contributed by atoms with E-state index in [1.54, 1.807) is 12.1 Å². The molecule has 0 fully saturated rings. The molecule has 0 aliphatic heterocycles. The summed E-state index contributed by atoms with van der Waals surface area (Å²) in [5.41, 5.74) is 3.58. The van der Waals surface area contributed by atoms with Crippen molar-refractivity contribution in [2.24, 2.45) is 0 Å². The van der Waals surface area contributed by atoms with Crippen LogP contribution < -0.4 is 4.90 Å². The number of aryl methyl sites for hydroxylation is 1. The molecular formula is C26H21N3O2S. The highest BCUT2D eigenvalue weighted by atomic mass is 32.1. The number of amides is 1. The smallest absolute Gasteiger partial charge is 0.297 e. The van der Waals surface area contributed by atoms with Crippen molar-refractivity contribution in [3.8, 4) is 12.3 Å². The number of benzene rings is 3. The van der Waals surface area contributed by atoms with Crippen LogP contribution in [0.4, 0.5) is 5.69 Å². The Morgan fingerprint density at radius 3 is 2.38 bits per heavy atom. The number of terminal acetylenes is 1. The molecule has 158 valence electrons. The number of fused-ring (bicyclic) bond motifs is 1. The minimum Gasteiger partial charge on any atom is -0.297 e. The summed E-state index contributed by atoms with van der Waals surface area (Å²) in [6, 6.07) is 23.8. The summed E-state index contributed by atoms with van der Waals surface area (Å²) in [5, 5.41) is 0. The first-order valence-electron chi connectivity index (χ1n) is 10.3. The van der Waals surface area contributed by atoms with Gasteiger partial charge < -0.3 is 0 Å². The summed E-state index contributed by atoms with van der Waals surface area (Å²) in [5.74, 6) is 1.54. The Kier molecular flexibility index (Phi) is 6.69. The first-order valence-corrected chi connectivity index (χ1v) is 11.0. The quantitative estimate of drug-likeness (QED) is 0.363. The molecule has 0 aliphatic carbocycles. The highest BCUT2D eigenvalue weighted by Gasteiger charge is 2.33. The molecule has 32 heavy (non-hydrogen) atoms. The van der Waals surface area contributed by atoms with Crippen molar-refractivity contribution in [3.05, 3.63) is 90.0 Å². The molecule has 1 heterocycles. The zero-order chi connectivity index (χ0) is 22.3. The summed E-state index contributed by atoms with van der Waals surface area (Å²) in [7, 11) is 0. The van der Waals surface area contributed by atoms with Gasteiger partial charge in [0.15, 0.2) is 5.78 Å². The molecule has 3 aromatic carbocycles. The van der Waals surface area contributed by atoms with Crippen LogP contribution in [-0.2, 0) is 16.0 Å². The van der Waals surface area contributed by atoms with E-state index in [1.165, 1.54) is 10.5 Å². The number of hydrogen-bond donors (Lipinski definition) is 0. The van der Waals surface area contributed by atoms with Crippen molar-refractivity contribution >= 4 is 40.1 Å². The number of aromatic nitrogens is 2. The van der Waals surface area contributed by atoms with Gasteiger partial charge in [0, 0.05) is 6.42 Å². The average molecular weight is 440 g/mol. The van der Waals surface area contributed by atoms with Crippen molar-refractivity contribution in [3.63, 3.8) is 0 Å². The Bertz CT molecular complexity index is 1260. The van der Waals surface area contributed by atoms with Gasteiger partial charge in [-0.05, 0) is 42.0 Å². The molecule has 1 amide bonds. The average Bonchev–Trinajstić information content (AvgIpc) is 3.32. The molecule has 4 rings (SSSR count). The van der Waals surface area contributed by atoms with Crippen molar-refractivity contribution in [2.45, 2.75) is 25.3 Å². The number of nitrogens with zero attached hydrogens (tertiary/aromatic N) is 3. The molecule has 0 saturated carbocycles. The third kappa shape index (κ3) is 4.58. The number of Topliss-reactive ketones (excluding diaryl/α,β-unsaturated/α-hetero) is 1. The predicted octanol–water partition coefficient (Wildman–Crippen LogP) is 4.99. The van der Waals surface area contributed by atoms with E-state index >= 15 is 0 Å². The molecule has 0 spiro atoms. The largest absolute Gasteiger partial charge is 0.303 e. The number of carbonyl (C=O) groups is 2. The van der Waals surface area contributed by atoms with Crippen molar-refractivity contribution < 1.29 is 9.59 Å². The number of hydrogen-bond acceptors (Lipinski definition) is 5. The monoisotopic (exact) mass is 439 g/mol. The van der Waals surface area contributed by atoms with Crippen LogP contribution in [0.25, 0.3) is 11.0 Å². The van der Waals surface area contributed by atoms with Crippen LogP contribution in [0, 0.1) is 12.3 Å². The molecule has 0 bridgehead atoms. The third-order valence-electron chi connectivity index (χ3n) is 5.28. The Labute approximate surface area is 191 Å². The van der Waals surface area contributed by atoms with E-state index in [0.29, 0.717) is 35.1 Å². The fraction of sp³-hybridized carbons (Fsp3) is 0.154. The molecule has 0 radical (unpaired) electrons. The van der Waals surface area contributed by atoms with Crippen LogP contribution in [0.5, 0.6) is 0 Å². The molecule has 0 N–H and O–H groups in total. The van der Waals surface area contributed by atoms with Crippen molar-refractivity contribution in [1.82, 2.24) is 8.75 Å². The number of rotatable bonds is 8. The highest BCUT2D eigenvalue weighted by Crippen LogP contribution is 2.34. The Hall–Kier alpha value is -3.82. The van der Waals surface area contributed by atoms with E-state index in [-0.39, 0.29) is 5.78 Å². The SMILES string of the molecule is C#CC(=O)N(c1cccc2nsnc12)C(C(=O)CCCc1ccccc1)c1ccccc1. The van der Waals surface area contributed by atoms with Crippen LogP contribution in [0.2, 0.25) is 0 Å². The summed E-state index contributed by atoms with van der Waals surface area (Å²) < 4.78 is 8.61. The number of anilines is 1. The molecule has 1 unspecified atom stereocenters. The maximum Gasteiger partial charge on any atom is 0.303 e. The van der Waals surface area contributed by atoms with Gasteiger partial charge in [-0.25, -0.2) is 0 Å². The minimum absolute atomic E-state index is 0.0732. The molecule has 1 aromatic heterocycles. The molecule has 5 nitrogen and oxygen atoms in total. The Morgan fingerprint density at radius 2 is 1.66 bits per heavy atom. The lowest BCUT2D eigenvalue weighted by atomic mass is 9.95. The maximum atomic E-state index is 13.5. The molecular weight excluding hydrogens is 418 g/mol. The lowest BCUT2D eigenvalue weighted by Gasteiger charge is -2.30. The van der Waals surface area contributed by atoms with Gasteiger partial charge in [-0.15, -0.1) is 6.42 Å². The molecule has 6 heteroatoms. The second-order valence-electron chi connectivity index (χ2n) is 7.35. The lowest BCUT2D eigenvalue weighted by molar-refractivity contribution is -0.123. The van der Waals surface area contributed by atoms with Crippen LogP contribution >= 0.6 is 11.7 Å². The van der Waals surface area contributed by atoms with Crippen molar-refractivity contribution in [2.75, 3.05) is 4.90 Å². The lowest BCUT2D eigenvalue weighted by Crippen LogP contribution is -2.38. The normalized spacial score (nSPS) is 11.6. The van der Waals surface area contributed by atoms with E-state index < -0.39 is 11.9 Å². The first kappa shape index (κ1) is 21.4. The van der Waals surface area contributed by atoms with Gasteiger partial charge in [-0.3, -0.25) is 14.5 Å². The number of carbonyl (C=O) groups excluding carboxylic acids is 2. The van der Waals surface area contributed by atoms with Gasteiger partial charge in [0.1, 0.15) is 17.1 Å². The third-order valence-corrected chi connectivity index (χ3v) is 5.82. The van der Waals surface area contributed by atoms with E-state index in [9.17, 15) is 9.59 Å². The maximum absolute atomic E-state index is 13.5.